The van der Waals surface area contributed by atoms with Crippen molar-refractivity contribution < 1.29 is 8.42 Å². The fraction of sp³-hybridized carbons (Fsp3) is 0.700. The largest absolute Gasteiger partial charge is 0.307 e. The van der Waals surface area contributed by atoms with Crippen LogP contribution < -0.4 is 5.32 Å². The fourth-order valence-corrected chi connectivity index (χ4v) is 3.16. The summed E-state index contributed by atoms with van der Waals surface area (Å²) in [4.78, 5) is 5.38. The summed E-state index contributed by atoms with van der Waals surface area (Å²) in [5, 5.41) is 4.17. The van der Waals surface area contributed by atoms with Crippen LogP contribution in [0.2, 0.25) is 0 Å². The lowest BCUT2D eigenvalue weighted by Gasteiger charge is -2.12. The molecule has 16 heavy (non-hydrogen) atoms. The van der Waals surface area contributed by atoms with Crippen LogP contribution in [-0.4, -0.2) is 30.9 Å². The minimum absolute atomic E-state index is 0.0332. The van der Waals surface area contributed by atoms with Crippen LogP contribution in [0.5, 0.6) is 0 Å². The predicted octanol–water partition coefficient (Wildman–Crippen LogP) is 1.36. The number of aryl methyl sites for hydroxylation is 1. The fourth-order valence-electron chi connectivity index (χ4n) is 1.30. The average molecular weight is 262 g/mol. The van der Waals surface area contributed by atoms with E-state index in [0.717, 1.165) is 5.01 Å². The Balaban J connectivity index is 2.39. The van der Waals surface area contributed by atoms with Gasteiger partial charge in [-0.2, -0.15) is 0 Å². The van der Waals surface area contributed by atoms with Crippen molar-refractivity contribution >= 4 is 21.2 Å². The van der Waals surface area contributed by atoms with Gasteiger partial charge in [0.25, 0.3) is 0 Å². The van der Waals surface area contributed by atoms with Gasteiger partial charge >= 0.3 is 0 Å². The van der Waals surface area contributed by atoms with Gasteiger partial charge in [-0.05, 0) is 13.8 Å². The summed E-state index contributed by atoms with van der Waals surface area (Å²) in [5.41, 5.74) is 0. The van der Waals surface area contributed by atoms with Crippen molar-refractivity contribution in [1.29, 1.82) is 0 Å². The maximum atomic E-state index is 11.4. The van der Waals surface area contributed by atoms with E-state index in [1.165, 1.54) is 4.88 Å². The van der Waals surface area contributed by atoms with Gasteiger partial charge < -0.3 is 5.32 Å². The molecule has 0 saturated carbocycles. The zero-order valence-corrected chi connectivity index (χ0v) is 11.5. The van der Waals surface area contributed by atoms with E-state index >= 15 is 0 Å². The Hall–Kier alpha value is -0.460. The summed E-state index contributed by atoms with van der Waals surface area (Å²) in [6.45, 7) is 6.20. The Kier molecular flexibility index (Phi) is 4.89. The molecule has 0 fully saturated rings. The zero-order valence-electron chi connectivity index (χ0n) is 9.86. The number of sulfone groups is 1. The third kappa shape index (κ3) is 4.59. The molecule has 1 heterocycles. The SMILES string of the molecule is CCS(=O)(=O)CC(C)NCc1ncc(C)s1. The third-order valence-corrected chi connectivity index (χ3v) is 5.01. The molecule has 6 heteroatoms. The smallest absolute Gasteiger partial charge is 0.151 e. The highest BCUT2D eigenvalue weighted by Crippen LogP contribution is 2.10. The summed E-state index contributed by atoms with van der Waals surface area (Å²) >= 11 is 1.63. The van der Waals surface area contributed by atoms with Crippen LogP contribution in [-0.2, 0) is 16.4 Å². The molecule has 1 unspecified atom stereocenters. The van der Waals surface area contributed by atoms with Gasteiger partial charge in [0.15, 0.2) is 9.84 Å². The first-order valence-corrected chi connectivity index (χ1v) is 7.92. The number of aromatic nitrogens is 1. The Morgan fingerprint density at radius 2 is 2.25 bits per heavy atom. The Labute approximate surface area is 101 Å². The van der Waals surface area contributed by atoms with E-state index in [1.807, 2.05) is 20.0 Å². The minimum atomic E-state index is -2.90. The molecular weight excluding hydrogens is 244 g/mol. The quantitative estimate of drug-likeness (QED) is 0.841. The predicted molar refractivity (Wildman–Crippen MR) is 67.5 cm³/mol. The molecule has 0 aromatic carbocycles. The molecule has 0 amide bonds. The number of hydrogen-bond donors (Lipinski definition) is 1. The Morgan fingerprint density at radius 3 is 2.75 bits per heavy atom. The van der Waals surface area contributed by atoms with E-state index in [9.17, 15) is 8.42 Å². The molecule has 1 N–H and O–H groups in total. The van der Waals surface area contributed by atoms with Gasteiger partial charge in [0, 0.05) is 29.4 Å². The number of thiazole rings is 1. The van der Waals surface area contributed by atoms with Crippen molar-refractivity contribution in [2.45, 2.75) is 33.4 Å². The first-order valence-electron chi connectivity index (χ1n) is 5.28. The van der Waals surface area contributed by atoms with E-state index < -0.39 is 9.84 Å². The molecule has 0 saturated heterocycles. The number of rotatable bonds is 6. The molecule has 92 valence electrons. The zero-order chi connectivity index (χ0) is 12.2. The molecule has 1 atom stereocenters. The molecule has 0 radical (unpaired) electrons. The van der Waals surface area contributed by atoms with Crippen LogP contribution >= 0.6 is 11.3 Å². The van der Waals surface area contributed by atoms with Crippen molar-refractivity contribution in [1.82, 2.24) is 10.3 Å². The second-order valence-corrected chi connectivity index (χ2v) is 7.56. The van der Waals surface area contributed by atoms with Gasteiger partial charge in [-0.1, -0.05) is 6.92 Å². The summed E-state index contributed by atoms with van der Waals surface area (Å²) in [5.74, 6) is 0.392. The van der Waals surface area contributed by atoms with Crippen LogP contribution in [0.15, 0.2) is 6.20 Å². The summed E-state index contributed by atoms with van der Waals surface area (Å²) in [6, 6.07) is -0.0332. The molecule has 1 aromatic heterocycles. The molecule has 0 aliphatic rings. The maximum Gasteiger partial charge on any atom is 0.151 e. The standard InChI is InChI=1S/C10H18N2O2S2/c1-4-16(13,14)7-8(2)11-6-10-12-5-9(3)15-10/h5,8,11H,4,6-7H2,1-3H3. The first kappa shape index (κ1) is 13.6. The van der Waals surface area contributed by atoms with Crippen LogP contribution in [0.1, 0.15) is 23.7 Å². The normalized spacial score (nSPS) is 13.9. The summed E-state index contributed by atoms with van der Waals surface area (Å²) < 4.78 is 22.7. The second-order valence-electron chi connectivity index (χ2n) is 3.85. The van der Waals surface area contributed by atoms with Crippen LogP contribution in [0.3, 0.4) is 0 Å². The van der Waals surface area contributed by atoms with E-state index in [0.29, 0.717) is 6.54 Å². The second kappa shape index (κ2) is 5.75. The Morgan fingerprint density at radius 1 is 1.56 bits per heavy atom. The lowest BCUT2D eigenvalue weighted by atomic mass is 10.4. The van der Waals surface area contributed by atoms with Gasteiger partial charge in [0.1, 0.15) is 5.01 Å². The van der Waals surface area contributed by atoms with E-state index in [1.54, 1.807) is 18.3 Å². The number of nitrogens with zero attached hydrogens (tertiary/aromatic N) is 1. The minimum Gasteiger partial charge on any atom is -0.307 e. The molecule has 0 aliphatic heterocycles. The lowest BCUT2D eigenvalue weighted by molar-refractivity contribution is 0.556. The van der Waals surface area contributed by atoms with Gasteiger partial charge in [-0.15, -0.1) is 11.3 Å². The van der Waals surface area contributed by atoms with Crippen molar-refractivity contribution in [3.63, 3.8) is 0 Å². The highest BCUT2D eigenvalue weighted by Gasteiger charge is 2.13. The van der Waals surface area contributed by atoms with Crippen molar-refractivity contribution in [3.8, 4) is 0 Å². The van der Waals surface area contributed by atoms with E-state index in [4.69, 9.17) is 0 Å². The van der Waals surface area contributed by atoms with Crippen molar-refractivity contribution in [2.24, 2.45) is 0 Å². The monoisotopic (exact) mass is 262 g/mol. The number of hydrogen-bond acceptors (Lipinski definition) is 5. The maximum absolute atomic E-state index is 11.4. The molecular formula is C10H18N2O2S2. The molecule has 1 aromatic rings. The summed E-state index contributed by atoms with van der Waals surface area (Å²) in [6.07, 6.45) is 1.83. The molecule has 0 spiro atoms. The van der Waals surface area contributed by atoms with E-state index in [-0.39, 0.29) is 17.5 Å². The van der Waals surface area contributed by atoms with Crippen molar-refractivity contribution in [3.05, 3.63) is 16.1 Å². The van der Waals surface area contributed by atoms with E-state index in [2.05, 4.69) is 10.3 Å². The van der Waals surface area contributed by atoms with Gasteiger partial charge in [-0.3, -0.25) is 0 Å². The number of nitrogens with one attached hydrogen (secondary N) is 1. The van der Waals surface area contributed by atoms with Gasteiger partial charge in [0.05, 0.1) is 5.75 Å². The third-order valence-electron chi connectivity index (χ3n) is 2.21. The topological polar surface area (TPSA) is 59.1 Å². The highest BCUT2D eigenvalue weighted by atomic mass is 32.2. The lowest BCUT2D eigenvalue weighted by Crippen LogP contribution is -2.33. The first-order chi connectivity index (χ1) is 7.43. The highest BCUT2D eigenvalue weighted by molar-refractivity contribution is 7.91. The molecule has 0 bridgehead atoms. The summed E-state index contributed by atoms with van der Waals surface area (Å²) in [7, 11) is -2.90. The van der Waals surface area contributed by atoms with Gasteiger partial charge in [-0.25, -0.2) is 13.4 Å². The van der Waals surface area contributed by atoms with Crippen LogP contribution in [0, 0.1) is 6.92 Å². The van der Waals surface area contributed by atoms with Crippen LogP contribution in [0.4, 0.5) is 0 Å². The molecule has 0 aliphatic carbocycles. The van der Waals surface area contributed by atoms with Crippen LogP contribution in [0.25, 0.3) is 0 Å². The average Bonchev–Trinajstić information content (AvgIpc) is 2.61. The van der Waals surface area contributed by atoms with Crippen molar-refractivity contribution in [2.75, 3.05) is 11.5 Å². The molecule has 1 rings (SSSR count). The Bertz CT molecular complexity index is 426. The van der Waals surface area contributed by atoms with Gasteiger partial charge in [0.2, 0.25) is 0 Å². The molecule has 4 nitrogen and oxygen atoms in total.